The zero-order valence-electron chi connectivity index (χ0n) is 5.47. The molecule has 0 aliphatic rings. The van der Waals surface area contributed by atoms with Crippen molar-refractivity contribution in [3.63, 3.8) is 0 Å². The molecule has 0 spiro atoms. The van der Waals surface area contributed by atoms with Crippen molar-refractivity contribution >= 4 is 17.3 Å². The fraction of sp³-hybridized carbons (Fsp3) is 0.143. The standard InChI is InChI=1S/C7H6ClNO/c1-5-2-3-7(9-10)6(8)4-5/h2-4H,1H3. The SMILES string of the molecule is Cc1ccc(N=O)c(Cl)c1. The van der Waals surface area contributed by atoms with E-state index in [9.17, 15) is 4.91 Å². The van der Waals surface area contributed by atoms with Gasteiger partial charge >= 0.3 is 0 Å². The van der Waals surface area contributed by atoms with Crippen LogP contribution in [0.25, 0.3) is 0 Å². The first kappa shape index (κ1) is 7.22. The molecule has 1 aromatic rings. The van der Waals surface area contributed by atoms with E-state index >= 15 is 0 Å². The molecule has 1 rings (SSSR count). The lowest BCUT2D eigenvalue weighted by molar-refractivity contribution is 1.42. The molecule has 0 atom stereocenters. The zero-order valence-corrected chi connectivity index (χ0v) is 6.22. The largest absolute Gasteiger partial charge is 0.145 e. The number of nitroso groups, excluding NO2 is 1. The van der Waals surface area contributed by atoms with Gasteiger partial charge in [0.1, 0.15) is 5.69 Å². The van der Waals surface area contributed by atoms with Crippen molar-refractivity contribution in [1.29, 1.82) is 0 Å². The van der Waals surface area contributed by atoms with Crippen LogP contribution in [-0.4, -0.2) is 0 Å². The van der Waals surface area contributed by atoms with E-state index in [1.165, 1.54) is 0 Å². The van der Waals surface area contributed by atoms with Gasteiger partial charge in [-0.15, -0.1) is 4.91 Å². The van der Waals surface area contributed by atoms with E-state index in [2.05, 4.69) is 5.18 Å². The highest BCUT2D eigenvalue weighted by molar-refractivity contribution is 6.33. The van der Waals surface area contributed by atoms with E-state index in [0.717, 1.165) is 5.56 Å². The Bertz CT molecular complexity index is 260. The lowest BCUT2D eigenvalue weighted by atomic mass is 10.2. The van der Waals surface area contributed by atoms with Gasteiger partial charge in [0.15, 0.2) is 0 Å². The summed E-state index contributed by atoms with van der Waals surface area (Å²) in [6, 6.07) is 5.10. The second-order valence-corrected chi connectivity index (χ2v) is 2.45. The van der Waals surface area contributed by atoms with Gasteiger partial charge in [0.05, 0.1) is 5.02 Å². The Balaban J connectivity index is 3.19. The quantitative estimate of drug-likeness (QED) is 0.573. The molecule has 0 aliphatic heterocycles. The molecule has 10 heavy (non-hydrogen) atoms. The molecule has 0 amide bonds. The molecule has 0 unspecified atom stereocenters. The predicted molar refractivity (Wildman–Crippen MR) is 41.6 cm³/mol. The van der Waals surface area contributed by atoms with Gasteiger partial charge in [-0.25, -0.2) is 0 Å². The van der Waals surface area contributed by atoms with Gasteiger partial charge in [-0.05, 0) is 29.8 Å². The summed E-state index contributed by atoms with van der Waals surface area (Å²) in [4.78, 5) is 10.0. The molecule has 0 bridgehead atoms. The lowest BCUT2D eigenvalue weighted by Crippen LogP contribution is -1.70. The highest BCUT2D eigenvalue weighted by Crippen LogP contribution is 2.24. The average Bonchev–Trinajstić information content (AvgIpc) is 1.88. The summed E-state index contributed by atoms with van der Waals surface area (Å²) in [6.45, 7) is 1.90. The maximum absolute atomic E-state index is 10.0. The first-order valence-corrected chi connectivity index (χ1v) is 3.21. The summed E-state index contributed by atoms with van der Waals surface area (Å²) in [6.07, 6.45) is 0. The number of hydrogen-bond donors (Lipinski definition) is 0. The molecule has 3 heteroatoms. The predicted octanol–water partition coefficient (Wildman–Crippen LogP) is 3.05. The Hall–Kier alpha value is -0.890. The summed E-state index contributed by atoms with van der Waals surface area (Å²) in [5.41, 5.74) is 1.32. The number of aryl methyl sites for hydroxylation is 1. The van der Waals surface area contributed by atoms with Crippen LogP contribution >= 0.6 is 11.6 Å². The molecule has 52 valence electrons. The molecular weight excluding hydrogens is 150 g/mol. The summed E-state index contributed by atoms with van der Waals surface area (Å²) >= 11 is 5.64. The fourth-order valence-corrected chi connectivity index (χ4v) is 0.956. The topological polar surface area (TPSA) is 29.4 Å². The first-order chi connectivity index (χ1) is 4.74. The van der Waals surface area contributed by atoms with Crippen LogP contribution < -0.4 is 0 Å². The second kappa shape index (κ2) is 2.80. The zero-order chi connectivity index (χ0) is 7.56. The molecule has 0 saturated carbocycles. The Morgan fingerprint density at radius 3 is 2.70 bits per heavy atom. The van der Waals surface area contributed by atoms with Gasteiger partial charge < -0.3 is 0 Å². The van der Waals surface area contributed by atoms with Crippen molar-refractivity contribution in [2.24, 2.45) is 5.18 Å². The molecule has 0 saturated heterocycles. The van der Waals surface area contributed by atoms with E-state index in [4.69, 9.17) is 11.6 Å². The van der Waals surface area contributed by atoms with Crippen molar-refractivity contribution in [3.8, 4) is 0 Å². The summed E-state index contributed by atoms with van der Waals surface area (Å²) in [5.74, 6) is 0. The fourth-order valence-electron chi connectivity index (χ4n) is 0.686. The minimum absolute atomic E-state index is 0.298. The van der Waals surface area contributed by atoms with Crippen LogP contribution in [0.2, 0.25) is 5.02 Å². The van der Waals surface area contributed by atoms with Gasteiger partial charge in [-0.3, -0.25) is 0 Å². The van der Waals surface area contributed by atoms with E-state index in [1.54, 1.807) is 18.2 Å². The van der Waals surface area contributed by atoms with Crippen molar-refractivity contribution in [2.45, 2.75) is 6.92 Å². The highest BCUT2D eigenvalue weighted by Gasteiger charge is 1.97. The Morgan fingerprint density at radius 2 is 2.20 bits per heavy atom. The van der Waals surface area contributed by atoms with Crippen molar-refractivity contribution in [1.82, 2.24) is 0 Å². The Labute approximate surface area is 63.8 Å². The molecule has 0 aliphatic carbocycles. The maximum Gasteiger partial charge on any atom is 0.126 e. The average molecular weight is 156 g/mol. The summed E-state index contributed by atoms with van der Waals surface area (Å²) in [7, 11) is 0. The van der Waals surface area contributed by atoms with E-state index in [-0.39, 0.29) is 0 Å². The highest BCUT2D eigenvalue weighted by atomic mass is 35.5. The van der Waals surface area contributed by atoms with Crippen LogP contribution in [0.3, 0.4) is 0 Å². The monoisotopic (exact) mass is 155 g/mol. The molecule has 0 radical (unpaired) electrons. The van der Waals surface area contributed by atoms with Crippen LogP contribution in [0.1, 0.15) is 5.56 Å². The molecular formula is C7H6ClNO. The third-order valence-corrected chi connectivity index (χ3v) is 1.50. The van der Waals surface area contributed by atoms with Gasteiger partial charge in [0.2, 0.25) is 0 Å². The lowest BCUT2D eigenvalue weighted by Gasteiger charge is -1.94. The van der Waals surface area contributed by atoms with Crippen molar-refractivity contribution in [3.05, 3.63) is 33.7 Å². The number of nitrogens with zero attached hydrogens (tertiary/aromatic N) is 1. The Morgan fingerprint density at radius 1 is 1.50 bits per heavy atom. The van der Waals surface area contributed by atoms with Gasteiger partial charge in [0.25, 0.3) is 0 Å². The third-order valence-electron chi connectivity index (χ3n) is 1.20. The third kappa shape index (κ3) is 1.33. The van der Waals surface area contributed by atoms with E-state index in [1.807, 2.05) is 6.92 Å². The summed E-state index contributed by atoms with van der Waals surface area (Å²) in [5, 5.41) is 3.14. The van der Waals surface area contributed by atoms with E-state index in [0.29, 0.717) is 10.7 Å². The van der Waals surface area contributed by atoms with Gasteiger partial charge in [-0.2, -0.15) is 0 Å². The molecule has 0 heterocycles. The normalized spacial score (nSPS) is 9.40. The smallest absolute Gasteiger partial charge is 0.126 e. The number of halogens is 1. The molecule has 2 nitrogen and oxygen atoms in total. The van der Waals surface area contributed by atoms with Crippen LogP contribution in [0.15, 0.2) is 23.4 Å². The molecule has 0 fully saturated rings. The Kier molecular flexibility index (Phi) is 2.02. The van der Waals surface area contributed by atoms with Crippen LogP contribution in [-0.2, 0) is 0 Å². The first-order valence-electron chi connectivity index (χ1n) is 2.83. The molecule has 0 N–H and O–H groups in total. The van der Waals surface area contributed by atoms with Crippen molar-refractivity contribution < 1.29 is 0 Å². The number of benzene rings is 1. The van der Waals surface area contributed by atoms with Crippen LogP contribution in [0, 0.1) is 11.8 Å². The van der Waals surface area contributed by atoms with Gasteiger partial charge in [0, 0.05) is 0 Å². The second-order valence-electron chi connectivity index (χ2n) is 2.05. The van der Waals surface area contributed by atoms with Crippen LogP contribution in [0.5, 0.6) is 0 Å². The number of hydrogen-bond acceptors (Lipinski definition) is 2. The molecule has 0 aromatic heterocycles. The number of rotatable bonds is 1. The summed E-state index contributed by atoms with van der Waals surface area (Å²) < 4.78 is 0. The van der Waals surface area contributed by atoms with Gasteiger partial charge in [-0.1, -0.05) is 17.7 Å². The van der Waals surface area contributed by atoms with Crippen molar-refractivity contribution in [2.75, 3.05) is 0 Å². The minimum atomic E-state index is 0.298. The minimum Gasteiger partial charge on any atom is -0.145 e. The molecule has 1 aromatic carbocycles. The maximum atomic E-state index is 10.0. The van der Waals surface area contributed by atoms with Crippen LogP contribution in [0.4, 0.5) is 5.69 Å². The van der Waals surface area contributed by atoms with E-state index < -0.39 is 0 Å².